The molecule has 0 fully saturated rings. The lowest BCUT2D eigenvalue weighted by Crippen LogP contribution is -1.94. The van der Waals surface area contributed by atoms with Gasteiger partial charge < -0.3 is 0 Å². The van der Waals surface area contributed by atoms with E-state index in [1.54, 1.807) is 12.1 Å². The van der Waals surface area contributed by atoms with Gasteiger partial charge in [-0.3, -0.25) is 0 Å². The van der Waals surface area contributed by atoms with Crippen LogP contribution in [0.25, 0.3) is 10.4 Å². The summed E-state index contributed by atoms with van der Waals surface area (Å²) >= 11 is 0. The minimum absolute atomic E-state index is 0.131. The molecule has 0 radical (unpaired) electrons. The Kier molecular flexibility index (Phi) is 4.64. The van der Waals surface area contributed by atoms with E-state index < -0.39 is 6.67 Å². The van der Waals surface area contributed by atoms with Crippen molar-refractivity contribution in [3.05, 3.63) is 45.8 Å². The monoisotopic (exact) mass is 207 g/mol. The molecule has 1 unspecified atom stereocenters. The van der Waals surface area contributed by atoms with Crippen molar-refractivity contribution in [3.8, 4) is 0 Å². The van der Waals surface area contributed by atoms with Crippen LogP contribution in [0.15, 0.2) is 29.4 Å². The molecule has 1 rings (SSSR count). The van der Waals surface area contributed by atoms with Crippen molar-refractivity contribution in [2.45, 2.75) is 32.5 Å². The predicted octanol–water partition coefficient (Wildman–Crippen LogP) is 4.31. The molecule has 0 aliphatic heterocycles. The van der Waals surface area contributed by atoms with Crippen molar-refractivity contribution in [2.75, 3.05) is 0 Å². The first-order valence-corrected chi connectivity index (χ1v) is 5.00. The van der Waals surface area contributed by atoms with Crippen molar-refractivity contribution >= 4 is 0 Å². The van der Waals surface area contributed by atoms with Crippen molar-refractivity contribution in [1.82, 2.24) is 0 Å². The lowest BCUT2D eigenvalue weighted by molar-refractivity contribution is 0.485. The third kappa shape index (κ3) is 3.26. The van der Waals surface area contributed by atoms with E-state index in [-0.39, 0.29) is 6.04 Å². The highest BCUT2D eigenvalue weighted by Crippen LogP contribution is 2.23. The summed E-state index contributed by atoms with van der Waals surface area (Å²) in [6.07, 6.45) is 1.77. The molecule has 0 aromatic heterocycles. The van der Waals surface area contributed by atoms with Gasteiger partial charge in [-0.2, -0.15) is 0 Å². The Morgan fingerprint density at radius 2 is 2.07 bits per heavy atom. The molecule has 1 atom stereocenters. The summed E-state index contributed by atoms with van der Waals surface area (Å²) in [5.74, 6) is 0. The molecular weight excluding hydrogens is 193 g/mol. The maximum atomic E-state index is 12.3. The lowest BCUT2D eigenvalue weighted by Gasteiger charge is -2.10. The third-order valence-corrected chi connectivity index (χ3v) is 2.27. The standard InChI is InChI=1S/C11H14FN3/c1-2-3-11(14-15-13)10-6-4-9(8-12)5-7-10/h4-7,11H,2-3,8H2,1H3. The summed E-state index contributed by atoms with van der Waals surface area (Å²) < 4.78 is 12.3. The molecule has 0 amide bonds. The minimum atomic E-state index is -0.458. The van der Waals surface area contributed by atoms with Gasteiger partial charge in [0.15, 0.2) is 0 Å². The van der Waals surface area contributed by atoms with E-state index in [0.29, 0.717) is 5.56 Å². The van der Waals surface area contributed by atoms with E-state index in [2.05, 4.69) is 10.0 Å². The number of benzene rings is 1. The van der Waals surface area contributed by atoms with Crippen LogP contribution in [0.4, 0.5) is 4.39 Å². The Morgan fingerprint density at radius 3 is 2.53 bits per heavy atom. The van der Waals surface area contributed by atoms with Gasteiger partial charge in [0.1, 0.15) is 6.67 Å². The Labute approximate surface area is 88.6 Å². The van der Waals surface area contributed by atoms with Crippen molar-refractivity contribution in [2.24, 2.45) is 5.11 Å². The van der Waals surface area contributed by atoms with Gasteiger partial charge in [0.2, 0.25) is 0 Å². The fraction of sp³-hybridized carbons (Fsp3) is 0.455. The topological polar surface area (TPSA) is 48.8 Å². The molecule has 1 aromatic carbocycles. The number of hydrogen-bond donors (Lipinski definition) is 0. The predicted molar refractivity (Wildman–Crippen MR) is 58.0 cm³/mol. The van der Waals surface area contributed by atoms with E-state index in [1.807, 2.05) is 19.1 Å². The van der Waals surface area contributed by atoms with Crippen LogP contribution in [-0.2, 0) is 6.67 Å². The first kappa shape index (κ1) is 11.5. The summed E-state index contributed by atoms with van der Waals surface area (Å²) in [5.41, 5.74) is 10.0. The maximum absolute atomic E-state index is 12.3. The van der Waals surface area contributed by atoms with E-state index in [4.69, 9.17) is 5.53 Å². The fourth-order valence-corrected chi connectivity index (χ4v) is 1.46. The molecule has 4 heteroatoms. The van der Waals surface area contributed by atoms with Crippen LogP contribution in [-0.4, -0.2) is 0 Å². The SMILES string of the molecule is CCCC(N=[N+]=[N-])c1ccc(CF)cc1. The van der Waals surface area contributed by atoms with Crippen molar-refractivity contribution in [3.63, 3.8) is 0 Å². The van der Waals surface area contributed by atoms with E-state index in [1.165, 1.54) is 0 Å². The largest absolute Gasteiger partial charge is 0.246 e. The molecule has 0 spiro atoms. The average Bonchev–Trinajstić information content (AvgIpc) is 2.29. The van der Waals surface area contributed by atoms with Crippen LogP contribution >= 0.6 is 0 Å². The van der Waals surface area contributed by atoms with Crippen molar-refractivity contribution in [1.29, 1.82) is 0 Å². The summed E-state index contributed by atoms with van der Waals surface area (Å²) in [4.78, 5) is 2.82. The molecule has 0 aliphatic carbocycles. The second kappa shape index (κ2) is 6.04. The average molecular weight is 207 g/mol. The zero-order chi connectivity index (χ0) is 11.1. The Balaban J connectivity index is 2.85. The first-order chi connectivity index (χ1) is 7.31. The zero-order valence-electron chi connectivity index (χ0n) is 8.73. The van der Waals surface area contributed by atoms with Gasteiger partial charge in [-0.05, 0) is 23.1 Å². The van der Waals surface area contributed by atoms with Gasteiger partial charge in [0.05, 0.1) is 6.04 Å². The second-order valence-electron chi connectivity index (χ2n) is 3.38. The number of halogens is 1. The van der Waals surface area contributed by atoms with E-state index >= 15 is 0 Å². The molecule has 1 aromatic rings. The van der Waals surface area contributed by atoms with E-state index in [9.17, 15) is 4.39 Å². The summed E-state index contributed by atoms with van der Waals surface area (Å²) in [6, 6.07) is 6.97. The van der Waals surface area contributed by atoms with Gasteiger partial charge in [-0.25, -0.2) is 4.39 Å². The van der Waals surface area contributed by atoms with Crippen LogP contribution < -0.4 is 0 Å². The molecule has 0 aliphatic rings. The molecule has 15 heavy (non-hydrogen) atoms. The fourth-order valence-electron chi connectivity index (χ4n) is 1.46. The second-order valence-corrected chi connectivity index (χ2v) is 3.38. The number of rotatable bonds is 5. The maximum Gasteiger partial charge on any atom is 0.115 e. The van der Waals surface area contributed by atoms with Gasteiger partial charge in [-0.1, -0.05) is 42.7 Å². The number of azide groups is 1. The van der Waals surface area contributed by atoms with Gasteiger partial charge in [0, 0.05) is 4.91 Å². The quantitative estimate of drug-likeness (QED) is 0.392. The molecule has 0 bridgehead atoms. The lowest BCUT2D eigenvalue weighted by atomic mass is 10.0. The van der Waals surface area contributed by atoms with Gasteiger partial charge >= 0.3 is 0 Å². The molecular formula is C11H14FN3. The van der Waals surface area contributed by atoms with Crippen LogP contribution in [0.1, 0.15) is 36.9 Å². The van der Waals surface area contributed by atoms with Gasteiger partial charge in [-0.15, -0.1) is 0 Å². The summed E-state index contributed by atoms with van der Waals surface area (Å²) in [5, 5.41) is 3.73. The van der Waals surface area contributed by atoms with Crippen LogP contribution in [0.2, 0.25) is 0 Å². The third-order valence-electron chi connectivity index (χ3n) is 2.27. The summed E-state index contributed by atoms with van der Waals surface area (Å²) in [6.45, 7) is 1.58. The number of hydrogen-bond acceptors (Lipinski definition) is 1. The Morgan fingerprint density at radius 1 is 1.40 bits per heavy atom. The Bertz CT molecular complexity index is 341. The normalized spacial score (nSPS) is 11.9. The molecule has 80 valence electrons. The first-order valence-electron chi connectivity index (χ1n) is 5.00. The van der Waals surface area contributed by atoms with Crippen LogP contribution in [0.3, 0.4) is 0 Å². The smallest absolute Gasteiger partial charge is 0.115 e. The highest BCUT2D eigenvalue weighted by atomic mass is 19.1. The van der Waals surface area contributed by atoms with E-state index in [0.717, 1.165) is 18.4 Å². The zero-order valence-corrected chi connectivity index (χ0v) is 8.73. The molecule has 3 nitrogen and oxygen atoms in total. The van der Waals surface area contributed by atoms with Crippen molar-refractivity contribution < 1.29 is 4.39 Å². The highest BCUT2D eigenvalue weighted by molar-refractivity contribution is 5.24. The molecule has 0 saturated carbocycles. The highest BCUT2D eigenvalue weighted by Gasteiger charge is 2.07. The molecule has 0 N–H and O–H groups in total. The molecule has 0 saturated heterocycles. The number of alkyl halides is 1. The van der Waals surface area contributed by atoms with Crippen LogP contribution in [0.5, 0.6) is 0 Å². The number of nitrogens with zero attached hydrogens (tertiary/aromatic N) is 3. The minimum Gasteiger partial charge on any atom is -0.246 e. The Hall–Kier alpha value is -1.54. The summed E-state index contributed by atoms with van der Waals surface area (Å²) in [7, 11) is 0. The molecule has 0 heterocycles. The van der Waals surface area contributed by atoms with Crippen LogP contribution in [0, 0.1) is 0 Å². The van der Waals surface area contributed by atoms with Gasteiger partial charge in [0.25, 0.3) is 0 Å².